The average molecular weight is 215 g/mol. The quantitative estimate of drug-likeness (QED) is 0.722. The van der Waals surface area contributed by atoms with Gasteiger partial charge in [-0.25, -0.2) is 0 Å². The smallest absolute Gasteiger partial charge is 0.0992 e. The van der Waals surface area contributed by atoms with Gasteiger partial charge in [0.15, 0.2) is 0 Å². The molecule has 0 bridgehead atoms. The summed E-state index contributed by atoms with van der Waals surface area (Å²) >= 11 is 5.79. The summed E-state index contributed by atoms with van der Waals surface area (Å²) in [6.45, 7) is 0. The summed E-state index contributed by atoms with van der Waals surface area (Å²) in [4.78, 5) is 0. The first-order valence-electron chi connectivity index (χ1n) is 4.88. The largest absolute Gasteiger partial charge is 0.114 e. The Bertz CT molecular complexity index is 355. The summed E-state index contributed by atoms with van der Waals surface area (Å²) in [6.07, 6.45) is 0. The molecule has 0 heterocycles. The van der Waals surface area contributed by atoms with Gasteiger partial charge in [-0.15, -0.1) is 11.6 Å². The van der Waals surface area contributed by atoms with E-state index in [2.05, 4.69) is 30.1 Å². The van der Waals surface area contributed by atoms with E-state index in [0.29, 0.717) is 0 Å². The van der Waals surface area contributed by atoms with Gasteiger partial charge in [0.25, 0.3) is 0 Å². The molecule has 0 aromatic heterocycles. The molecule has 0 amide bonds. The van der Waals surface area contributed by atoms with E-state index >= 15 is 0 Å². The van der Waals surface area contributed by atoms with Crippen molar-refractivity contribution in [2.24, 2.45) is 0 Å². The molecule has 0 fully saturated rings. The second-order valence-electron chi connectivity index (χ2n) is 3.36. The molecular formula is C14H11Cl. The highest BCUT2D eigenvalue weighted by atomic mass is 35.5. The lowest BCUT2D eigenvalue weighted by atomic mass is 9.93. The predicted octanol–water partition coefficient (Wildman–Crippen LogP) is 4.10. The van der Waals surface area contributed by atoms with Crippen LogP contribution in [0.5, 0.6) is 0 Å². The maximum Gasteiger partial charge on any atom is 0.0992 e. The highest BCUT2D eigenvalue weighted by Crippen LogP contribution is 2.28. The van der Waals surface area contributed by atoms with Crippen LogP contribution in [0.3, 0.4) is 0 Å². The maximum atomic E-state index is 5.79. The van der Waals surface area contributed by atoms with Crippen molar-refractivity contribution < 1.29 is 0 Å². The lowest BCUT2D eigenvalue weighted by Gasteiger charge is -2.13. The highest BCUT2D eigenvalue weighted by Gasteiger charge is 2.12. The van der Waals surface area contributed by atoms with Crippen molar-refractivity contribution in [3.63, 3.8) is 0 Å². The van der Waals surface area contributed by atoms with E-state index in [1.54, 1.807) is 0 Å². The van der Waals surface area contributed by atoms with E-state index in [-0.39, 0.29) is 5.92 Å². The highest BCUT2D eigenvalue weighted by molar-refractivity contribution is 6.23. The SMILES string of the molecule is Cl[C]C(c1ccccc1)c1ccccc1. The molecule has 0 nitrogen and oxygen atoms in total. The van der Waals surface area contributed by atoms with Crippen LogP contribution >= 0.6 is 11.6 Å². The van der Waals surface area contributed by atoms with Gasteiger partial charge in [-0.3, -0.25) is 0 Å². The van der Waals surface area contributed by atoms with Crippen LogP contribution in [0.15, 0.2) is 60.7 Å². The fraction of sp³-hybridized carbons (Fsp3) is 0.0714. The number of benzene rings is 2. The van der Waals surface area contributed by atoms with E-state index < -0.39 is 0 Å². The fourth-order valence-corrected chi connectivity index (χ4v) is 1.86. The third-order valence-corrected chi connectivity index (χ3v) is 2.59. The summed E-state index contributed by atoms with van der Waals surface area (Å²) in [5, 5.41) is 0. The first-order valence-corrected chi connectivity index (χ1v) is 5.25. The minimum Gasteiger partial charge on any atom is -0.114 e. The number of halogens is 1. The van der Waals surface area contributed by atoms with Gasteiger partial charge in [0.2, 0.25) is 0 Å². The minimum atomic E-state index is 0.0501. The van der Waals surface area contributed by atoms with Crippen LogP contribution in [0.25, 0.3) is 0 Å². The molecule has 2 aromatic carbocycles. The van der Waals surface area contributed by atoms with Gasteiger partial charge in [-0.05, 0) is 11.1 Å². The lowest BCUT2D eigenvalue weighted by molar-refractivity contribution is 1.00. The molecule has 0 saturated carbocycles. The summed E-state index contributed by atoms with van der Waals surface area (Å²) in [7, 11) is 0. The molecule has 0 aliphatic heterocycles. The summed E-state index contributed by atoms with van der Waals surface area (Å²) < 4.78 is 0. The van der Waals surface area contributed by atoms with Crippen LogP contribution in [0.1, 0.15) is 17.0 Å². The first kappa shape index (κ1) is 10.3. The van der Waals surface area contributed by atoms with Crippen LogP contribution in [-0.2, 0) is 0 Å². The van der Waals surface area contributed by atoms with Gasteiger partial charge in [-0.1, -0.05) is 60.7 Å². The first-order chi connectivity index (χ1) is 7.42. The molecule has 0 spiro atoms. The molecule has 0 atom stereocenters. The Morgan fingerprint density at radius 1 is 0.733 bits per heavy atom. The molecular weight excluding hydrogens is 204 g/mol. The zero-order chi connectivity index (χ0) is 10.5. The molecule has 0 aliphatic carbocycles. The average Bonchev–Trinajstić information content (AvgIpc) is 2.33. The van der Waals surface area contributed by atoms with Crippen LogP contribution < -0.4 is 0 Å². The summed E-state index contributed by atoms with van der Waals surface area (Å²) in [5.74, 6) is 2.86. The van der Waals surface area contributed by atoms with Crippen molar-refractivity contribution in [3.8, 4) is 0 Å². The number of hydrogen-bond acceptors (Lipinski definition) is 0. The van der Waals surface area contributed by atoms with Gasteiger partial charge in [0.05, 0.1) is 5.88 Å². The molecule has 2 rings (SSSR count). The van der Waals surface area contributed by atoms with E-state index in [4.69, 9.17) is 11.6 Å². The van der Waals surface area contributed by atoms with Crippen molar-refractivity contribution in [1.82, 2.24) is 0 Å². The van der Waals surface area contributed by atoms with E-state index in [1.807, 2.05) is 36.4 Å². The molecule has 0 unspecified atom stereocenters. The number of rotatable bonds is 3. The third-order valence-electron chi connectivity index (χ3n) is 2.37. The van der Waals surface area contributed by atoms with Gasteiger partial charge in [0, 0.05) is 5.92 Å². The van der Waals surface area contributed by atoms with Crippen LogP contribution in [0.2, 0.25) is 0 Å². The Kier molecular flexibility index (Phi) is 3.41. The second-order valence-corrected chi connectivity index (χ2v) is 3.58. The van der Waals surface area contributed by atoms with Gasteiger partial charge in [0.1, 0.15) is 0 Å². The molecule has 0 aliphatic rings. The molecule has 15 heavy (non-hydrogen) atoms. The van der Waals surface area contributed by atoms with Gasteiger partial charge < -0.3 is 0 Å². The molecule has 0 saturated heterocycles. The number of hydrogen-bond donors (Lipinski definition) is 0. The Morgan fingerprint density at radius 2 is 1.13 bits per heavy atom. The van der Waals surface area contributed by atoms with E-state index in [1.165, 1.54) is 11.1 Å². The Hall–Kier alpha value is -1.27. The van der Waals surface area contributed by atoms with Crippen molar-refractivity contribution in [2.75, 3.05) is 0 Å². The molecule has 0 N–H and O–H groups in total. The van der Waals surface area contributed by atoms with Crippen LogP contribution in [0, 0.1) is 5.88 Å². The monoisotopic (exact) mass is 214 g/mol. The topological polar surface area (TPSA) is 0 Å². The summed E-state index contributed by atoms with van der Waals surface area (Å²) in [6, 6.07) is 20.3. The molecule has 2 aromatic rings. The molecule has 2 radical (unpaired) electrons. The van der Waals surface area contributed by atoms with Crippen LogP contribution in [-0.4, -0.2) is 0 Å². The van der Waals surface area contributed by atoms with Crippen molar-refractivity contribution in [3.05, 3.63) is 77.7 Å². The lowest BCUT2D eigenvalue weighted by Crippen LogP contribution is -1.98. The van der Waals surface area contributed by atoms with Crippen molar-refractivity contribution in [2.45, 2.75) is 5.92 Å². The molecule has 1 heteroatoms. The predicted molar refractivity (Wildman–Crippen MR) is 63.8 cm³/mol. The maximum absolute atomic E-state index is 5.79. The molecule has 74 valence electrons. The Labute approximate surface area is 95.5 Å². The minimum absolute atomic E-state index is 0.0501. The standard InChI is InChI=1S/C14H11Cl/c15-11-14(12-7-3-1-4-8-12)13-9-5-2-6-10-13/h1-10,14H. The van der Waals surface area contributed by atoms with E-state index in [0.717, 1.165) is 0 Å². The fourth-order valence-electron chi connectivity index (χ4n) is 1.61. The Balaban J connectivity index is 2.34. The van der Waals surface area contributed by atoms with Crippen molar-refractivity contribution in [1.29, 1.82) is 0 Å². The Morgan fingerprint density at radius 3 is 1.47 bits per heavy atom. The zero-order valence-electron chi connectivity index (χ0n) is 8.23. The second kappa shape index (κ2) is 4.99. The summed E-state index contributed by atoms with van der Waals surface area (Å²) in [5.41, 5.74) is 2.33. The van der Waals surface area contributed by atoms with Gasteiger partial charge in [-0.2, -0.15) is 0 Å². The normalized spacial score (nSPS) is 10.5. The van der Waals surface area contributed by atoms with Crippen LogP contribution in [0.4, 0.5) is 0 Å². The van der Waals surface area contributed by atoms with Crippen molar-refractivity contribution >= 4 is 11.6 Å². The zero-order valence-corrected chi connectivity index (χ0v) is 8.98. The third kappa shape index (κ3) is 2.40. The van der Waals surface area contributed by atoms with Gasteiger partial charge >= 0.3 is 0 Å². The van der Waals surface area contributed by atoms with E-state index in [9.17, 15) is 0 Å².